The van der Waals surface area contributed by atoms with E-state index in [1.54, 1.807) is 13.8 Å². The summed E-state index contributed by atoms with van der Waals surface area (Å²) < 4.78 is 12.7. The Bertz CT molecular complexity index is 1820. The summed E-state index contributed by atoms with van der Waals surface area (Å²) in [5.74, 6) is 1.37. The van der Waals surface area contributed by atoms with Crippen LogP contribution in [-0.4, -0.2) is 25.3 Å². The van der Waals surface area contributed by atoms with E-state index < -0.39 is 22.5 Å². The normalized spacial score (nSPS) is 10.6. The van der Waals surface area contributed by atoms with E-state index in [4.69, 9.17) is 9.47 Å². The monoisotopic (exact) mass is 590 g/mol. The highest BCUT2D eigenvalue weighted by atomic mass is 16.5. The van der Waals surface area contributed by atoms with Gasteiger partial charge in [-0.05, 0) is 87.1 Å². The number of hydrogen-bond donors (Lipinski definition) is 3. The van der Waals surface area contributed by atoms with Gasteiger partial charge >= 0.3 is 11.4 Å². The number of aryl methyl sites for hydroxylation is 4. The lowest BCUT2D eigenvalue weighted by Gasteiger charge is -2.16. The summed E-state index contributed by atoms with van der Waals surface area (Å²) in [5, 5.41) is 0. The molecule has 4 rings (SSSR count). The number of Topliss-reactive ketones (excluding diaryl/α,β-unsaturated/α-hetero) is 1. The first kappa shape index (κ1) is 32.6. The highest BCUT2D eigenvalue weighted by Crippen LogP contribution is 2.25. The first-order valence-corrected chi connectivity index (χ1v) is 14.1. The SMILES string of the molecule is CCC(=O)Cn1c(Oc2cc(C)cc(C)c2)c(CC)c(=O)[nH]c1=O.CCc1c(Oc2cc(C)cc(C)c2)[nH]c(=O)[nH]c1=O. The van der Waals surface area contributed by atoms with Crippen molar-refractivity contribution in [3.05, 3.63) is 111 Å². The molecular weight excluding hydrogens is 552 g/mol. The van der Waals surface area contributed by atoms with E-state index >= 15 is 0 Å². The molecule has 3 N–H and O–H groups in total. The van der Waals surface area contributed by atoms with E-state index in [9.17, 15) is 24.0 Å². The number of aromatic nitrogens is 4. The van der Waals surface area contributed by atoms with Crippen LogP contribution in [0.5, 0.6) is 23.3 Å². The third-order valence-electron chi connectivity index (χ3n) is 6.51. The van der Waals surface area contributed by atoms with Gasteiger partial charge in [0, 0.05) is 6.42 Å². The molecule has 0 amide bonds. The van der Waals surface area contributed by atoms with Gasteiger partial charge in [-0.25, -0.2) is 9.59 Å². The Morgan fingerprint density at radius 2 is 1.16 bits per heavy atom. The molecule has 0 fully saturated rings. The number of aromatic amines is 3. The van der Waals surface area contributed by atoms with Crippen molar-refractivity contribution in [2.24, 2.45) is 0 Å². The van der Waals surface area contributed by atoms with Gasteiger partial charge in [0.05, 0.1) is 17.7 Å². The molecule has 0 atom stereocenters. The van der Waals surface area contributed by atoms with E-state index in [-0.39, 0.29) is 24.1 Å². The van der Waals surface area contributed by atoms with Gasteiger partial charge in [0.1, 0.15) is 11.5 Å². The van der Waals surface area contributed by atoms with Crippen molar-refractivity contribution >= 4 is 5.78 Å². The van der Waals surface area contributed by atoms with Gasteiger partial charge in [-0.3, -0.25) is 33.9 Å². The molecule has 0 aliphatic carbocycles. The minimum Gasteiger partial charge on any atom is -0.440 e. The third-order valence-corrected chi connectivity index (χ3v) is 6.51. The molecule has 43 heavy (non-hydrogen) atoms. The lowest BCUT2D eigenvalue weighted by molar-refractivity contribution is -0.119. The summed E-state index contributed by atoms with van der Waals surface area (Å²) in [6.07, 6.45) is 1.17. The van der Waals surface area contributed by atoms with Crippen molar-refractivity contribution in [2.45, 2.75) is 74.3 Å². The van der Waals surface area contributed by atoms with Crippen molar-refractivity contribution < 1.29 is 14.3 Å². The van der Waals surface area contributed by atoms with Crippen LogP contribution in [0.2, 0.25) is 0 Å². The molecule has 0 aliphatic heterocycles. The molecule has 0 unspecified atom stereocenters. The average Bonchev–Trinajstić information content (AvgIpc) is 2.90. The Labute approximate surface area is 248 Å². The second-order valence-electron chi connectivity index (χ2n) is 10.3. The van der Waals surface area contributed by atoms with Gasteiger partial charge in [-0.2, -0.15) is 0 Å². The van der Waals surface area contributed by atoms with E-state index in [1.807, 2.05) is 71.0 Å². The van der Waals surface area contributed by atoms with Crippen molar-refractivity contribution in [2.75, 3.05) is 0 Å². The summed E-state index contributed by atoms with van der Waals surface area (Å²) in [4.78, 5) is 66.0. The van der Waals surface area contributed by atoms with E-state index in [0.717, 1.165) is 22.3 Å². The molecule has 11 heteroatoms. The molecule has 0 bridgehead atoms. The minimum atomic E-state index is -0.640. The summed E-state index contributed by atoms with van der Waals surface area (Å²) >= 11 is 0. The summed E-state index contributed by atoms with van der Waals surface area (Å²) in [7, 11) is 0. The van der Waals surface area contributed by atoms with Gasteiger partial charge < -0.3 is 9.47 Å². The lowest BCUT2D eigenvalue weighted by atomic mass is 10.1. The van der Waals surface area contributed by atoms with Gasteiger partial charge in [0.15, 0.2) is 5.78 Å². The van der Waals surface area contributed by atoms with E-state index in [2.05, 4.69) is 15.0 Å². The molecule has 2 aromatic heterocycles. The second-order valence-corrected chi connectivity index (χ2v) is 10.3. The number of nitrogens with one attached hydrogen (secondary N) is 3. The number of nitrogens with zero attached hydrogens (tertiary/aromatic N) is 1. The highest BCUT2D eigenvalue weighted by molar-refractivity contribution is 5.78. The molecule has 0 radical (unpaired) electrons. The average molecular weight is 591 g/mol. The number of rotatable bonds is 9. The van der Waals surface area contributed by atoms with Crippen LogP contribution in [0.1, 0.15) is 60.6 Å². The van der Waals surface area contributed by atoms with Crippen LogP contribution in [0.3, 0.4) is 0 Å². The van der Waals surface area contributed by atoms with Crippen LogP contribution < -0.4 is 32.0 Å². The van der Waals surface area contributed by atoms with Crippen LogP contribution in [0.15, 0.2) is 55.6 Å². The van der Waals surface area contributed by atoms with Crippen LogP contribution in [0.4, 0.5) is 0 Å². The Kier molecular flexibility index (Phi) is 10.8. The topological polar surface area (TPSA) is 156 Å². The van der Waals surface area contributed by atoms with Crippen LogP contribution in [0, 0.1) is 27.7 Å². The zero-order valence-corrected chi connectivity index (χ0v) is 25.6. The summed E-state index contributed by atoms with van der Waals surface area (Å²) in [6.45, 7) is 13.0. The molecule has 2 heterocycles. The molecule has 228 valence electrons. The van der Waals surface area contributed by atoms with Crippen LogP contribution in [-0.2, 0) is 24.2 Å². The summed E-state index contributed by atoms with van der Waals surface area (Å²) in [6, 6.07) is 11.4. The van der Waals surface area contributed by atoms with Crippen LogP contribution >= 0.6 is 0 Å². The molecule has 0 saturated carbocycles. The molecular formula is C32H38N4O7. The molecule has 0 saturated heterocycles. The molecule has 0 aliphatic rings. The number of H-pyrrole nitrogens is 3. The Morgan fingerprint density at radius 1 is 0.674 bits per heavy atom. The zero-order chi connectivity index (χ0) is 31.8. The molecule has 2 aromatic carbocycles. The predicted molar refractivity (Wildman–Crippen MR) is 165 cm³/mol. The highest BCUT2D eigenvalue weighted by Gasteiger charge is 2.18. The van der Waals surface area contributed by atoms with Gasteiger partial charge in [0.2, 0.25) is 11.8 Å². The number of ether oxygens (including phenoxy) is 2. The number of carbonyl (C=O) groups is 1. The Hall–Kier alpha value is -4.93. The summed E-state index contributed by atoms with van der Waals surface area (Å²) in [5.41, 5.74) is 2.79. The van der Waals surface area contributed by atoms with E-state index in [1.165, 1.54) is 4.57 Å². The van der Waals surface area contributed by atoms with Crippen molar-refractivity contribution in [1.29, 1.82) is 0 Å². The first-order chi connectivity index (χ1) is 20.3. The fourth-order valence-electron chi connectivity index (χ4n) is 4.57. The Morgan fingerprint density at radius 3 is 1.65 bits per heavy atom. The molecule has 11 nitrogen and oxygen atoms in total. The van der Waals surface area contributed by atoms with Gasteiger partial charge in [-0.1, -0.05) is 32.9 Å². The van der Waals surface area contributed by atoms with Gasteiger partial charge in [-0.15, -0.1) is 0 Å². The number of ketones is 1. The maximum Gasteiger partial charge on any atom is 0.331 e. The van der Waals surface area contributed by atoms with Crippen LogP contribution in [0.25, 0.3) is 0 Å². The number of hydrogen-bond acceptors (Lipinski definition) is 7. The standard InChI is InChI=1S/C18H22N2O4.C14H16N2O3/c1-5-13(21)10-20-17(15(6-2)16(22)19-18(20)23)24-14-8-11(3)7-12(4)9-14;1-4-11-12(17)15-14(18)16-13(11)19-10-6-8(2)5-9(3)7-10/h7-9H,5-6,10H2,1-4H3,(H,19,22,23);5-7H,4H2,1-3H3,(H2,15,16,17,18). The molecule has 4 aromatic rings. The smallest absolute Gasteiger partial charge is 0.331 e. The number of carbonyl (C=O) groups excluding carboxylic acids is 1. The van der Waals surface area contributed by atoms with Crippen molar-refractivity contribution in [3.8, 4) is 23.3 Å². The fourth-order valence-corrected chi connectivity index (χ4v) is 4.57. The largest absolute Gasteiger partial charge is 0.440 e. The first-order valence-electron chi connectivity index (χ1n) is 14.1. The lowest BCUT2D eigenvalue weighted by Crippen LogP contribution is -2.34. The minimum absolute atomic E-state index is 0.114. The second kappa shape index (κ2) is 14.3. The maximum atomic E-state index is 12.2. The van der Waals surface area contributed by atoms with Crippen molar-refractivity contribution in [3.63, 3.8) is 0 Å². The fraction of sp³-hybridized carbons (Fsp3) is 0.344. The quantitative estimate of drug-likeness (QED) is 0.259. The molecule has 0 spiro atoms. The number of benzene rings is 2. The maximum absolute atomic E-state index is 12.2. The van der Waals surface area contributed by atoms with Crippen molar-refractivity contribution in [1.82, 2.24) is 19.5 Å². The third kappa shape index (κ3) is 8.54. The van der Waals surface area contributed by atoms with E-state index in [0.29, 0.717) is 41.9 Å². The predicted octanol–water partition coefficient (Wildman–Crippen LogP) is 4.52. The van der Waals surface area contributed by atoms with Gasteiger partial charge in [0.25, 0.3) is 11.1 Å². The Balaban J connectivity index is 0.000000242. The zero-order valence-electron chi connectivity index (χ0n) is 25.6.